The van der Waals surface area contributed by atoms with Gasteiger partial charge in [0.25, 0.3) is 0 Å². The molecular weight excluding hydrogens is 464 g/mol. The number of amides is 3. The molecule has 34 heavy (non-hydrogen) atoms. The molecule has 0 saturated carbocycles. The molecular formula is C21H28N6O6S. The van der Waals surface area contributed by atoms with Crippen molar-refractivity contribution in [2.24, 2.45) is 5.73 Å². The molecule has 1 heterocycles. The SMILES string of the molecule is NC(Cc1ccccc1)C(=O)NC(CO)C(=O)NC(CS)C(=O)NC(Cc1cnc[nH]1)C(=O)O. The number of nitrogens with one attached hydrogen (secondary N) is 4. The Bertz CT molecular complexity index is 958. The van der Waals surface area contributed by atoms with E-state index in [9.17, 15) is 29.4 Å². The number of H-pyrrole nitrogens is 1. The summed E-state index contributed by atoms with van der Waals surface area (Å²) in [6, 6.07) is 4.20. The maximum Gasteiger partial charge on any atom is 0.326 e. The highest BCUT2D eigenvalue weighted by atomic mass is 32.1. The number of rotatable bonds is 13. The first-order valence-electron chi connectivity index (χ1n) is 10.4. The third kappa shape index (κ3) is 8.17. The summed E-state index contributed by atoms with van der Waals surface area (Å²) in [6.45, 7) is -0.742. The summed E-state index contributed by atoms with van der Waals surface area (Å²) in [7, 11) is 0. The van der Waals surface area contributed by atoms with Gasteiger partial charge in [-0.2, -0.15) is 12.6 Å². The van der Waals surface area contributed by atoms with Gasteiger partial charge in [-0.15, -0.1) is 0 Å². The van der Waals surface area contributed by atoms with Crippen LogP contribution in [-0.2, 0) is 32.0 Å². The highest BCUT2D eigenvalue weighted by Gasteiger charge is 2.29. The van der Waals surface area contributed by atoms with Crippen molar-refractivity contribution in [1.29, 1.82) is 0 Å². The Balaban J connectivity index is 1.94. The second kappa shape index (κ2) is 13.3. The molecule has 0 spiro atoms. The molecule has 8 N–H and O–H groups in total. The van der Waals surface area contributed by atoms with Crippen LogP contribution in [0.15, 0.2) is 42.9 Å². The molecule has 0 aliphatic carbocycles. The van der Waals surface area contributed by atoms with E-state index in [2.05, 4.69) is 38.5 Å². The summed E-state index contributed by atoms with van der Waals surface area (Å²) < 4.78 is 0. The van der Waals surface area contributed by atoms with E-state index in [1.807, 2.05) is 6.07 Å². The number of aliphatic carboxylic acids is 1. The van der Waals surface area contributed by atoms with E-state index in [0.717, 1.165) is 5.56 Å². The number of carbonyl (C=O) groups excluding carboxylic acids is 3. The van der Waals surface area contributed by atoms with E-state index in [-0.39, 0.29) is 18.6 Å². The van der Waals surface area contributed by atoms with E-state index in [0.29, 0.717) is 5.69 Å². The third-order valence-electron chi connectivity index (χ3n) is 4.86. The van der Waals surface area contributed by atoms with E-state index < -0.39 is 54.5 Å². The largest absolute Gasteiger partial charge is 0.480 e. The summed E-state index contributed by atoms with van der Waals surface area (Å²) in [4.78, 5) is 55.6. The number of carbonyl (C=O) groups is 4. The van der Waals surface area contributed by atoms with Crippen molar-refractivity contribution >= 4 is 36.3 Å². The van der Waals surface area contributed by atoms with Crippen LogP contribution in [-0.4, -0.2) is 80.4 Å². The van der Waals surface area contributed by atoms with Crippen LogP contribution in [0.1, 0.15) is 11.3 Å². The number of thiol groups is 1. The standard InChI is InChI=1S/C21H28N6O6S/c22-14(6-12-4-2-1-3-5-12)18(29)26-16(9-28)19(30)27-17(10-34)20(31)25-15(21(32)33)7-13-8-23-11-24-13/h1-5,8,11,14-17,28,34H,6-7,9-10,22H2,(H,23,24)(H,25,31)(H,26,29)(H,27,30)(H,32,33). The zero-order valence-electron chi connectivity index (χ0n) is 18.2. The predicted molar refractivity (Wildman–Crippen MR) is 125 cm³/mol. The van der Waals surface area contributed by atoms with Gasteiger partial charge in [-0.05, 0) is 12.0 Å². The molecule has 0 aliphatic heterocycles. The average Bonchev–Trinajstić information content (AvgIpc) is 3.33. The number of aromatic nitrogens is 2. The zero-order valence-corrected chi connectivity index (χ0v) is 19.1. The molecule has 13 heteroatoms. The normalized spacial score (nSPS) is 14.3. The number of aliphatic hydroxyl groups excluding tert-OH is 1. The van der Waals surface area contributed by atoms with Crippen molar-refractivity contribution in [3.63, 3.8) is 0 Å². The third-order valence-corrected chi connectivity index (χ3v) is 5.22. The van der Waals surface area contributed by atoms with Gasteiger partial charge < -0.3 is 36.9 Å². The van der Waals surface area contributed by atoms with Crippen LogP contribution in [0.5, 0.6) is 0 Å². The number of carboxylic acid groups (broad SMARTS) is 1. The minimum absolute atomic E-state index is 0.0526. The van der Waals surface area contributed by atoms with Gasteiger partial charge in [-0.25, -0.2) is 9.78 Å². The summed E-state index contributed by atoms with van der Waals surface area (Å²) in [5, 5.41) is 26.0. The Hall–Kier alpha value is -3.42. The fourth-order valence-corrected chi connectivity index (χ4v) is 3.25. The van der Waals surface area contributed by atoms with Crippen LogP contribution in [0.3, 0.4) is 0 Å². The smallest absolute Gasteiger partial charge is 0.326 e. The minimum Gasteiger partial charge on any atom is -0.480 e. The zero-order chi connectivity index (χ0) is 25.1. The lowest BCUT2D eigenvalue weighted by Gasteiger charge is -2.23. The van der Waals surface area contributed by atoms with Crippen LogP contribution in [0.4, 0.5) is 0 Å². The Morgan fingerprint density at radius 2 is 1.59 bits per heavy atom. The quantitative estimate of drug-likeness (QED) is 0.146. The summed E-state index contributed by atoms with van der Waals surface area (Å²) >= 11 is 4.04. The molecule has 184 valence electrons. The molecule has 1 aromatic heterocycles. The van der Waals surface area contributed by atoms with E-state index >= 15 is 0 Å². The Labute approximate surface area is 201 Å². The monoisotopic (exact) mass is 492 g/mol. The maximum atomic E-state index is 12.6. The van der Waals surface area contributed by atoms with Gasteiger partial charge in [0.1, 0.15) is 18.1 Å². The number of hydrogen-bond donors (Lipinski definition) is 8. The van der Waals surface area contributed by atoms with Crippen molar-refractivity contribution in [1.82, 2.24) is 25.9 Å². The maximum absolute atomic E-state index is 12.6. The highest BCUT2D eigenvalue weighted by molar-refractivity contribution is 7.80. The molecule has 4 unspecified atom stereocenters. The van der Waals surface area contributed by atoms with E-state index in [4.69, 9.17) is 5.73 Å². The number of benzene rings is 1. The van der Waals surface area contributed by atoms with Crippen molar-refractivity contribution in [3.8, 4) is 0 Å². The second-order valence-corrected chi connectivity index (χ2v) is 7.83. The van der Waals surface area contributed by atoms with Crippen molar-refractivity contribution in [3.05, 3.63) is 54.1 Å². The molecule has 0 bridgehead atoms. The van der Waals surface area contributed by atoms with Crippen LogP contribution in [0.25, 0.3) is 0 Å². The van der Waals surface area contributed by atoms with E-state index in [1.54, 1.807) is 24.3 Å². The lowest BCUT2D eigenvalue weighted by molar-refractivity contribution is -0.142. The number of carboxylic acids is 1. The van der Waals surface area contributed by atoms with Gasteiger partial charge in [0.15, 0.2) is 0 Å². The average molecular weight is 493 g/mol. The fourth-order valence-electron chi connectivity index (χ4n) is 2.99. The van der Waals surface area contributed by atoms with Crippen LogP contribution >= 0.6 is 12.6 Å². The topological polar surface area (TPSA) is 200 Å². The van der Waals surface area contributed by atoms with Gasteiger partial charge in [-0.1, -0.05) is 30.3 Å². The van der Waals surface area contributed by atoms with Gasteiger partial charge >= 0.3 is 5.97 Å². The number of aromatic amines is 1. The highest BCUT2D eigenvalue weighted by Crippen LogP contribution is 2.03. The summed E-state index contributed by atoms with van der Waals surface area (Å²) in [5.74, 6) is -3.74. The lowest BCUT2D eigenvalue weighted by Crippen LogP contribution is -2.58. The van der Waals surface area contributed by atoms with Crippen LogP contribution in [0.2, 0.25) is 0 Å². The molecule has 1 aromatic carbocycles. The predicted octanol–water partition coefficient (Wildman–Crippen LogP) is -2.02. The summed E-state index contributed by atoms with van der Waals surface area (Å²) in [6.07, 6.45) is 2.98. The molecule has 3 amide bonds. The number of hydrogen-bond acceptors (Lipinski definition) is 8. The van der Waals surface area contributed by atoms with Crippen LogP contribution in [0, 0.1) is 0 Å². The molecule has 2 rings (SSSR count). The molecule has 4 atom stereocenters. The lowest BCUT2D eigenvalue weighted by atomic mass is 10.1. The number of nitrogens with two attached hydrogens (primary N) is 1. The number of aliphatic hydroxyl groups is 1. The Morgan fingerprint density at radius 3 is 2.15 bits per heavy atom. The van der Waals surface area contributed by atoms with Crippen LogP contribution < -0.4 is 21.7 Å². The molecule has 0 fully saturated rings. The van der Waals surface area contributed by atoms with Gasteiger partial charge in [0, 0.05) is 24.1 Å². The van der Waals surface area contributed by atoms with E-state index in [1.165, 1.54) is 12.5 Å². The molecule has 0 saturated heterocycles. The Morgan fingerprint density at radius 1 is 0.971 bits per heavy atom. The van der Waals surface area contributed by atoms with Gasteiger partial charge in [0.2, 0.25) is 17.7 Å². The Kier molecular flexibility index (Phi) is 10.5. The fraction of sp³-hybridized carbons (Fsp3) is 0.381. The van der Waals surface area contributed by atoms with Gasteiger partial charge in [0.05, 0.1) is 19.0 Å². The summed E-state index contributed by atoms with van der Waals surface area (Å²) in [5.41, 5.74) is 7.22. The van der Waals surface area contributed by atoms with Crippen molar-refractivity contribution in [2.45, 2.75) is 37.0 Å². The van der Waals surface area contributed by atoms with Gasteiger partial charge in [-0.3, -0.25) is 14.4 Å². The first-order chi connectivity index (χ1) is 16.2. The number of imidazole rings is 1. The number of nitrogens with zero attached hydrogens (tertiary/aromatic N) is 1. The molecule has 12 nitrogen and oxygen atoms in total. The minimum atomic E-state index is -1.37. The first kappa shape index (κ1) is 26.8. The van der Waals surface area contributed by atoms with Crippen molar-refractivity contribution < 1.29 is 29.4 Å². The second-order valence-electron chi connectivity index (χ2n) is 7.46. The molecule has 2 aromatic rings. The molecule has 0 radical (unpaired) electrons. The van der Waals surface area contributed by atoms with Crippen molar-refractivity contribution in [2.75, 3.05) is 12.4 Å². The molecule has 0 aliphatic rings. The first-order valence-corrected chi connectivity index (χ1v) is 11.0.